The third-order valence-electron chi connectivity index (χ3n) is 8.73. The number of thioether (sulfide) groups is 1. The Morgan fingerprint density at radius 2 is 1.89 bits per heavy atom. The minimum Gasteiger partial charge on any atom is -0.504 e. The number of nitrogens with zero attached hydrogens (tertiary/aromatic N) is 1. The number of carbonyl (C=O) groups excluding carboxylic acids is 2. The summed E-state index contributed by atoms with van der Waals surface area (Å²) in [5, 5.41) is 20.1. The Morgan fingerprint density at radius 1 is 1.13 bits per heavy atom. The van der Waals surface area contributed by atoms with E-state index in [1.165, 1.54) is 16.2 Å². The van der Waals surface area contributed by atoms with E-state index in [1.54, 1.807) is 17.8 Å². The van der Waals surface area contributed by atoms with Crippen LogP contribution in [0, 0.1) is 29.6 Å². The number of aliphatic carboxylic acids is 1. The monoisotopic (exact) mass is 558 g/mol. The number of imide groups is 1. The second kappa shape index (κ2) is 9.75. The lowest BCUT2D eigenvalue weighted by Gasteiger charge is -2.43. The molecule has 2 aliphatic carbocycles. The number of aromatic amines is 1. The second-order valence-corrected chi connectivity index (χ2v) is 12.9. The van der Waals surface area contributed by atoms with Crippen molar-refractivity contribution in [2.45, 2.75) is 55.2 Å². The fourth-order valence-corrected chi connectivity index (χ4v) is 10.3. The van der Waals surface area contributed by atoms with Crippen molar-refractivity contribution in [1.29, 1.82) is 0 Å². The molecule has 2 aromatic rings. The van der Waals surface area contributed by atoms with E-state index in [9.17, 15) is 24.3 Å². The third kappa shape index (κ3) is 3.97. The number of hydrogen-bond acceptors (Lipinski definition) is 8. The molecule has 6 unspecified atom stereocenters. The van der Waals surface area contributed by atoms with Crippen LogP contribution in [0.5, 0.6) is 11.5 Å². The topological polar surface area (TPSA) is 137 Å². The molecule has 0 radical (unpaired) electrons. The van der Waals surface area contributed by atoms with E-state index in [0.717, 1.165) is 21.9 Å². The number of hydrogen-bond donors (Lipinski definition) is 3. The molecule has 9 nitrogen and oxygen atoms in total. The number of ether oxygens (including phenoxy) is 1. The normalized spacial score (nSPS) is 30.9. The number of carboxylic acids is 1. The van der Waals surface area contributed by atoms with Gasteiger partial charge in [-0.25, -0.2) is 0 Å². The summed E-state index contributed by atoms with van der Waals surface area (Å²) in [6.45, 7) is 2.60. The number of unbranched alkanes of at least 4 members (excludes halogenated alkanes) is 2. The Bertz CT molecular complexity index is 1350. The first kappa shape index (κ1) is 25.5. The summed E-state index contributed by atoms with van der Waals surface area (Å²) in [7, 11) is 0. The Labute approximate surface area is 227 Å². The molecule has 38 heavy (non-hydrogen) atoms. The smallest absolute Gasteiger partial charge is 0.305 e. The van der Waals surface area contributed by atoms with E-state index >= 15 is 0 Å². The summed E-state index contributed by atoms with van der Waals surface area (Å²) in [5.41, 5.74) is 0.939. The molecule has 1 aromatic carbocycles. The predicted octanol–water partition coefficient (Wildman–Crippen LogP) is 3.66. The number of benzene rings is 1. The minimum absolute atomic E-state index is 0.0238. The Balaban J connectivity index is 1.30. The molecular formula is C27H30N2O7S2. The van der Waals surface area contributed by atoms with Crippen molar-refractivity contribution in [2.75, 3.05) is 13.2 Å². The highest BCUT2D eigenvalue weighted by Crippen LogP contribution is 2.68. The Hall–Kier alpha value is -2.79. The van der Waals surface area contributed by atoms with Gasteiger partial charge in [-0.3, -0.25) is 24.1 Å². The number of aromatic nitrogens is 1. The van der Waals surface area contributed by atoms with Crippen LogP contribution in [-0.4, -0.2) is 56.3 Å². The van der Waals surface area contributed by atoms with E-state index in [1.807, 2.05) is 19.1 Å². The molecule has 7 atom stereocenters. The van der Waals surface area contributed by atoms with Crippen molar-refractivity contribution in [1.82, 2.24) is 9.88 Å². The van der Waals surface area contributed by atoms with Gasteiger partial charge in [0, 0.05) is 29.0 Å². The van der Waals surface area contributed by atoms with Crippen molar-refractivity contribution in [3.05, 3.63) is 38.3 Å². The van der Waals surface area contributed by atoms with Gasteiger partial charge in [-0.15, -0.1) is 11.8 Å². The van der Waals surface area contributed by atoms with Gasteiger partial charge in [0.05, 0.1) is 23.5 Å². The molecule has 11 heteroatoms. The van der Waals surface area contributed by atoms with Crippen LogP contribution < -0.4 is 9.61 Å². The number of rotatable bonds is 9. The zero-order valence-electron chi connectivity index (χ0n) is 20.9. The lowest BCUT2D eigenvalue weighted by molar-refractivity contribution is -0.141. The summed E-state index contributed by atoms with van der Waals surface area (Å²) >= 11 is 2.84. The molecular weight excluding hydrogens is 528 g/mol. The largest absolute Gasteiger partial charge is 0.504 e. The Kier molecular flexibility index (Phi) is 6.54. The summed E-state index contributed by atoms with van der Waals surface area (Å²) in [6.07, 6.45) is 2.70. The lowest BCUT2D eigenvalue weighted by atomic mass is 9.68. The molecule has 2 saturated carbocycles. The molecule has 2 amide bonds. The summed E-state index contributed by atoms with van der Waals surface area (Å²) in [6, 6.07) is 5.34. The van der Waals surface area contributed by atoms with Gasteiger partial charge < -0.3 is 19.9 Å². The van der Waals surface area contributed by atoms with Crippen LogP contribution in [0.4, 0.5) is 0 Å². The molecule has 2 aliphatic heterocycles. The highest BCUT2D eigenvalue weighted by Gasteiger charge is 2.69. The van der Waals surface area contributed by atoms with E-state index < -0.39 is 5.97 Å². The van der Waals surface area contributed by atoms with Gasteiger partial charge in [0.1, 0.15) is 0 Å². The zero-order chi connectivity index (χ0) is 26.7. The maximum Gasteiger partial charge on any atom is 0.305 e. The first-order chi connectivity index (χ1) is 18.3. The highest BCUT2D eigenvalue weighted by atomic mass is 32.2. The first-order valence-electron chi connectivity index (χ1n) is 13.2. The maximum absolute atomic E-state index is 13.6. The average molecular weight is 559 g/mol. The van der Waals surface area contributed by atoms with Crippen molar-refractivity contribution in [3.63, 3.8) is 0 Å². The van der Waals surface area contributed by atoms with Gasteiger partial charge in [0.15, 0.2) is 11.5 Å². The number of fused-ring (bicyclic) bond motifs is 9. The number of nitrogens with one attached hydrogen (secondary N) is 1. The number of likely N-dealkylation sites (tertiary alicyclic amines) is 1. The second-order valence-electron chi connectivity index (χ2n) is 10.7. The average Bonchev–Trinajstić information content (AvgIpc) is 3.60. The third-order valence-corrected chi connectivity index (χ3v) is 11.3. The molecule has 6 rings (SSSR count). The van der Waals surface area contributed by atoms with Crippen LogP contribution in [0.2, 0.25) is 0 Å². The van der Waals surface area contributed by atoms with E-state index in [4.69, 9.17) is 9.84 Å². The SMILES string of the molecule is CCOc1cc([C@H]2c3sc(=O)[nH]c3SC3C4CC(C5C(=O)N(CCCCCC(=O)O)C(=O)C45)C32)ccc1O. The van der Waals surface area contributed by atoms with Crippen LogP contribution in [0.15, 0.2) is 28.0 Å². The molecule has 202 valence electrons. The number of H-pyrrole nitrogens is 1. The van der Waals surface area contributed by atoms with Crippen LogP contribution >= 0.6 is 23.1 Å². The number of phenols is 1. The summed E-state index contributed by atoms with van der Waals surface area (Å²) in [5.74, 6) is -1.23. The minimum atomic E-state index is -0.837. The molecule has 3 N–H and O–H groups in total. The first-order valence-corrected chi connectivity index (χ1v) is 14.9. The van der Waals surface area contributed by atoms with Gasteiger partial charge in [0.2, 0.25) is 11.8 Å². The fraction of sp³-hybridized carbons (Fsp3) is 0.556. The predicted molar refractivity (Wildman–Crippen MR) is 141 cm³/mol. The van der Waals surface area contributed by atoms with Gasteiger partial charge >= 0.3 is 10.8 Å². The van der Waals surface area contributed by atoms with Gasteiger partial charge in [-0.2, -0.15) is 0 Å². The van der Waals surface area contributed by atoms with Crippen molar-refractivity contribution < 1.29 is 29.3 Å². The fourth-order valence-electron chi connectivity index (χ4n) is 7.39. The van der Waals surface area contributed by atoms with Crippen LogP contribution in [0.25, 0.3) is 0 Å². The number of thiazole rings is 1. The molecule has 2 bridgehead atoms. The van der Waals surface area contributed by atoms with Crippen molar-refractivity contribution in [2.24, 2.45) is 29.6 Å². The summed E-state index contributed by atoms with van der Waals surface area (Å²) < 4.78 is 5.66. The number of phenolic OH excluding ortho intramolecular Hbond substituents is 1. The van der Waals surface area contributed by atoms with Crippen LogP contribution in [-0.2, 0) is 14.4 Å². The lowest BCUT2D eigenvalue weighted by Crippen LogP contribution is -2.42. The van der Waals surface area contributed by atoms with Gasteiger partial charge in [0.25, 0.3) is 0 Å². The van der Waals surface area contributed by atoms with Crippen molar-refractivity contribution >= 4 is 40.9 Å². The van der Waals surface area contributed by atoms with E-state index in [-0.39, 0.29) is 69.6 Å². The number of carbonyl (C=O) groups is 3. The molecule has 3 heterocycles. The maximum atomic E-state index is 13.6. The van der Waals surface area contributed by atoms with E-state index in [2.05, 4.69) is 4.98 Å². The van der Waals surface area contributed by atoms with Crippen molar-refractivity contribution in [3.8, 4) is 11.5 Å². The molecule has 3 fully saturated rings. The van der Waals surface area contributed by atoms with Crippen LogP contribution in [0.3, 0.4) is 0 Å². The quantitative estimate of drug-likeness (QED) is 0.313. The standard InChI is InChI=1S/C27H30N2O7S2/c1-2-36-16-10-12(7-8-15(16)30)18-19-13-11-14(22(19)37-24-23(18)38-27(35)28-24)21-20(13)25(33)29(26(21)34)9-5-3-4-6-17(31)32/h7-8,10,13-14,18-22,30H,2-6,9,11H2,1H3,(H,28,35)(H,31,32)/t13?,14?,18-,19?,20?,21?,22?/m1/s1. The molecule has 0 spiro atoms. The highest BCUT2D eigenvalue weighted by molar-refractivity contribution is 8.00. The Morgan fingerprint density at radius 3 is 2.63 bits per heavy atom. The van der Waals surface area contributed by atoms with E-state index in [0.29, 0.717) is 38.2 Å². The molecule has 4 aliphatic rings. The molecule has 1 saturated heterocycles. The zero-order valence-corrected chi connectivity index (χ0v) is 22.6. The molecule has 1 aromatic heterocycles. The summed E-state index contributed by atoms with van der Waals surface area (Å²) in [4.78, 5) is 55.6. The van der Waals surface area contributed by atoms with Crippen LogP contribution in [0.1, 0.15) is 55.4 Å². The number of aromatic hydroxyl groups is 1. The van der Waals surface area contributed by atoms with Gasteiger partial charge in [-0.1, -0.05) is 23.8 Å². The van der Waals surface area contributed by atoms with Gasteiger partial charge in [-0.05, 0) is 61.6 Å². The number of amides is 2. The number of carboxylic acid groups (broad SMARTS) is 1.